The molecule has 3 N–H and O–H groups in total. The highest BCUT2D eigenvalue weighted by Gasteiger charge is 2.29. The number of amides is 2. The molecule has 0 aliphatic heterocycles. The van der Waals surface area contributed by atoms with Crippen molar-refractivity contribution in [2.24, 2.45) is 5.73 Å². The van der Waals surface area contributed by atoms with Crippen molar-refractivity contribution < 1.29 is 9.59 Å². The highest BCUT2D eigenvalue weighted by atomic mass is 32.1. The Hall–Kier alpha value is -4.01. The molecule has 1 fully saturated rings. The Morgan fingerprint density at radius 1 is 1.00 bits per heavy atom. The van der Waals surface area contributed by atoms with Crippen molar-refractivity contribution in [3.63, 3.8) is 0 Å². The summed E-state index contributed by atoms with van der Waals surface area (Å²) in [6, 6.07) is 22.4. The largest absolute Gasteiger partial charge is 0.373 e. The number of unbranched alkanes of at least 4 members (excludes halogenated alkanes) is 1. The maximum atomic E-state index is 13.6. The summed E-state index contributed by atoms with van der Waals surface area (Å²) in [5.41, 5.74) is 11.5. The molecule has 5 rings (SSSR count). The molecule has 2 aromatic heterocycles. The van der Waals surface area contributed by atoms with Crippen molar-refractivity contribution in [1.82, 2.24) is 9.88 Å². The third kappa shape index (κ3) is 7.69. The summed E-state index contributed by atoms with van der Waals surface area (Å²) in [6.07, 6.45) is 9.10. The lowest BCUT2D eigenvalue weighted by Crippen LogP contribution is -2.43. The minimum absolute atomic E-state index is 0.0840. The van der Waals surface area contributed by atoms with Gasteiger partial charge in [-0.25, -0.2) is 0 Å². The van der Waals surface area contributed by atoms with Crippen LogP contribution in [0.5, 0.6) is 0 Å². The van der Waals surface area contributed by atoms with Gasteiger partial charge in [-0.1, -0.05) is 43.7 Å². The van der Waals surface area contributed by atoms with Crippen molar-refractivity contribution in [2.45, 2.75) is 64.1 Å². The van der Waals surface area contributed by atoms with Gasteiger partial charge in [0.2, 0.25) is 0 Å². The van der Waals surface area contributed by atoms with Crippen LogP contribution in [0.1, 0.15) is 71.0 Å². The molecule has 7 nitrogen and oxygen atoms in total. The molecule has 0 bridgehead atoms. The molecule has 1 saturated carbocycles. The van der Waals surface area contributed by atoms with E-state index in [4.69, 9.17) is 5.73 Å². The third-order valence-corrected chi connectivity index (χ3v) is 9.07. The molecule has 0 spiro atoms. The Labute approximate surface area is 258 Å². The van der Waals surface area contributed by atoms with E-state index in [1.165, 1.54) is 11.3 Å². The lowest BCUT2D eigenvalue weighted by atomic mass is 9.90. The fraction of sp³-hybridized carbons (Fsp3) is 0.343. The van der Waals surface area contributed by atoms with Crippen LogP contribution in [-0.4, -0.2) is 47.4 Å². The van der Waals surface area contributed by atoms with E-state index in [1.807, 2.05) is 34.5 Å². The van der Waals surface area contributed by atoms with E-state index >= 15 is 0 Å². The quantitative estimate of drug-likeness (QED) is 0.191. The molecular weight excluding hydrogens is 554 g/mol. The standard InChI is InChI=1S/C35H41N5O2S/c1-3-4-19-39(2)32-17-12-27(22-31(32)38-34(41)28-10-6-18-37-23-28)26-9-5-8-25(21-26)24-40(30-15-13-29(36)14-16-30)35(42)33-11-7-20-43-33/h5-12,17-18,20-23,29-30H,3-4,13-16,19,24,36H2,1-2H3,(H,38,41). The Morgan fingerprint density at radius 3 is 2.53 bits per heavy atom. The predicted octanol–water partition coefficient (Wildman–Crippen LogP) is 7.21. The number of hydrogen-bond acceptors (Lipinski definition) is 6. The molecule has 0 atom stereocenters. The van der Waals surface area contributed by atoms with Crippen LogP contribution in [0.3, 0.4) is 0 Å². The van der Waals surface area contributed by atoms with Crippen LogP contribution in [0, 0.1) is 0 Å². The first-order valence-electron chi connectivity index (χ1n) is 15.2. The number of hydrogen-bond donors (Lipinski definition) is 2. The number of thiophene rings is 1. The maximum absolute atomic E-state index is 13.6. The number of nitrogens with zero attached hydrogens (tertiary/aromatic N) is 3. The molecule has 0 radical (unpaired) electrons. The molecule has 1 aliphatic carbocycles. The summed E-state index contributed by atoms with van der Waals surface area (Å²) in [4.78, 5) is 35.9. The monoisotopic (exact) mass is 595 g/mol. The number of carbonyl (C=O) groups excluding carboxylic acids is 2. The van der Waals surface area contributed by atoms with E-state index in [2.05, 4.69) is 59.5 Å². The normalized spacial score (nSPS) is 16.4. The van der Waals surface area contributed by atoms with Crippen molar-refractivity contribution >= 4 is 34.5 Å². The fourth-order valence-electron chi connectivity index (χ4n) is 5.72. The molecule has 1 aliphatic rings. The number of nitrogens with one attached hydrogen (secondary N) is 1. The van der Waals surface area contributed by atoms with Crippen LogP contribution in [0.2, 0.25) is 0 Å². The molecule has 2 heterocycles. The minimum Gasteiger partial charge on any atom is -0.373 e. The summed E-state index contributed by atoms with van der Waals surface area (Å²) in [5.74, 6) is -0.111. The van der Waals surface area contributed by atoms with Crippen molar-refractivity contribution in [2.75, 3.05) is 23.8 Å². The average Bonchev–Trinajstić information content (AvgIpc) is 3.59. The summed E-state index contributed by atoms with van der Waals surface area (Å²) in [7, 11) is 2.06. The number of aromatic nitrogens is 1. The Kier molecular flexibility index (Phi) is 10.2. The van der Waals surface area contributed by atoms with E-state index in [0.717, 1.165) is 78.0 Å². The van der Waals surface area contributed by atoms with Gasteiger partial charge in [0.05, 0.1) is 21.8 Å². The Bertz CT molecular complexity index is 1500. The van der Waals surface area contributed by atoms with E-state index in [-0.39, 0.29) is 23.9 Å². The SMILES string of the molecule is CCCCN(C)c1ccc(-c2cccc(CN(C(=O)c3cccs3)C3CCC(N)CC3)c2)cc1NC(=O)c1cccnc1. The molecule has 2 aromatic carbocycles. The van der Waals surface area contributed by atoms with Gasteiger partial charge in [-0.2, -0.15) is 0 Å². The lowest BCUT2D eigenvalue weighted by molar-refractivity contribution is 0.0611. The second-order valence-corrected chi connectivity index (χ2v) is 12.3. The molecule has 8 heteroatoms. The third-order valence-electron chi connectivity index (χ3n) is 8.21. The van der Waals surface area contributed by atoms with Gasteiger partial charge in [0, 0.05) is 44.6 Å². The Morgan fingerprint density at radius 2 is 1.81 bits per heavy atom. The van der Waals surface area contributed by atoms with E-state index in [1.54, 1.807) is 24.5 Å². The molecule has 43 heavy (non-hydrogen) atoms. The zero-order valence-electron chi connectivity index (χ0n) is 25.0. The first kappa shape index (κ1) is 30.4. The average molecular weight is 596 g/mol. The molecule has 0 unspecified atom stereocenters. The molecular formula is C35H41N5O2S. The number of nitrogens with two attached hydrogens (primary N) is 1. The summed E-state index contributed by atoms with van der Waals surface area (Å²) >= 11 is 1.49. The number of pyridine rings is 1. The van der Waals surface area contributed by atoms with Gasteiger partial charge in [0.15, 0.2) is 0 Å². The first-order chi connectivity index (χ1) is 20.9. The van der Waals surface area contributed by atoms with Crippen LogP contribution in [0.25, 0.3) is 11.1 Å². The number of anilines is 2. The number of benzene rings is 2. The smallest absolute Gasteiger partial charge is 0.264 e. The van der Waals surface area contributed by atoms with Gasteiger partial charge in [0.1, 0.15) is 0 Å². The minimum atomic E-state index is -0.195. The second-order valence-electron chi connectivity index (χ2n) is 11.4. The predicted molar refractivity (Wildman–Crippen MR) is 177 cm³/mol. The topological polar surface area (TPSA) is 91.6 Å². The van der Waals surface area contributed by atoms with Gasteiger partial charge < -0.3 is 20.9 Å². The number of carbonyl (C=O) groups is 2. The summed E-state index contributed by atoms with van der Waals surface area (Å²) in [5, 5.41) is 5.09. The number of rotatable bonds is 11. The van der Waals surface area contributed by atoms with Gasteiger partial charge in [-0.05, 0) is 90.6 Å². The molecule has 224 valence electrons. The van der Waals surface area contributed by atoms with Crippen LogP contribution >= 0.6 is 11.3 Å². The highest BCUT2D eigenvalue weighted by molar-refractivity contribution is 7.12. The maximum Gasteiger partial charge on any atom is 0.264 e. The lowest BCUT2D eigenvalue weighted by Gasteiger charge is -2.36. The van der Waals surface area contributed by atoms with E-state index < -0.39 is 0 Å². The van der Waals surface area contributed by atoms with Crippen molar-refractivity contribution in [1.29, 1.82) is 0 Å². The van der Waals surface area contributed by atoms with Gasteiger partial charge in [-0.3, -0.25) is 14.6 Å². The summed E-state index contributed by atoms with van der Waals surface area (Å²) in [6.45, 7) is 3.60. The zero-order valence-corrected chi connectivity index (χ0v) is 25.9. The van der Waals surface area contributed by atoms with Crippen LogP contribution in [-0.2, 0) is 6.54 Å². The summed E-state index contributed by atoms with van der Waals surface area (Å²) < 4.78 is 0. The highest BCUT2D eigenvalue weighted by Crippen LogP contribution is 2.33. The van der Waals surface area contributed by atoms with Crippen molar-refractivity contribution in [3.05, 3.63) is 101 Å². The fourth-order valence-corrected chi connectivity index (χ4v) is 6.40. The molecule has 0 saturated heterocycles. The molecule has 4 aromatic rings. The molecule has 2 amide bonds. The van der Waals surface area contributed by atoms with Gasteiger partial charge in [-0.15, -0.1) is 11.3 Å². The first-order valence-corrected chi connectivity index (χ1v) is 16.1. The van der Waals surface area contributed by atoms with Crippen LogP contribution in [0.4, 0.5) is 11.4 Å². The second kappa shape index (κ2) is 14.4. The van der Waals surface area contributed by atoms with Crippen LogP contribution < -0.4 is 16.0 Å². The van der Waals surface area contributed by atoms with Crippen LogP contribution in [0.15, 0.2) is 84.5 Å². The van der Waals surface area contributed by atoms with Gasteiger partial charge >= 0.3 is 0 Å². The van der Waals surface area contributed by atoms with Gasteiger partial charge in [0.25, 0.3) is 11.8 Å². The zero-order chi connectivity index (χ0) is 30.2. The Balaban J connectivity index is 1.43. The van der Waals surface area contributed by atoms with E-state index in [9.17, 15) is 9.59 Å². The van der Waals surface area contributed by atoms with Crippen molar-refractivity contribution in [3.8, 4) is 11.1 Å². The van der Waals surface area contributed by atoms with E-state index in [0.29, 0.717) is 12.1 Å².